The molecule has 108 valence electrons. The lowest BCUT2D eigenvalue weighted by molar-refractivity contribution is -0.126. The summed E-state index contributed by atoms with van der Waals surface area (Å²) >= 11 is 0. The molecule has 18 heavy (non-hydrogen) atoms. The molecule has 0 aromatic rings. The topological polar surface area (TPSA) is 38.3 Å². The summed E-state index contributed by atoms with van der Waals surface area (Å²) < 4.78 is 3.86. The highest BCUT2D eigenvalue weighted by molar-refractivity contribution is 5.36. The zero-order chi connectivity index (χ0) is 14.3. The fourth-order valence-corrected chi connectivity index (χ4v) is 1.92. The van der Waals surface area contributed by atoms with Crippen molar-refractivity contribution >= 4 is 6.47 Å². The Kier molecular flexibility index (Phi) is 15.4. The van der Waals surface area contributed by atoms with Gasteiger partial charge in [-0.15, -0.1) is 6.58 Å². The standard InChI is InChI=1S/C11H21N.C2H4O2.C2H6/c1-3-4-5-6-7-11(2)8-9-12-10-11;1-4-2-3;1-2/h3,12H,1,4-10H2,2H3;2H,1H3;1-2H3. The maximum Gasteiger partial charge on any atom is 0.292 e. The SMILES string of the molecule is C=CCCCCC1(C)CCNC1.CC.COC=O. The molecule has 0 radical (unpaired) electrons. The van der Waals surface area contributed by atoms with Gasteiger partial charge in [0.2, 0.25) is 0 Å². The van der Waals surface area contributed by atoms with Crippen LogP contribution in [0.4, 0.5) is 0 Å². The zero-order valence-electron chi connectivity index (χ0n) is 12.6. The maximum atomic E-state index is 8.95. The number of allylic oxidation sites excluding steroid dienone is 1. The number of hydrogen-bond acceptors (Lipinski definition) is 3. The van der Waals surface area contributed by atoms with E-state index in [1.165, 1.54) is 52.3 Å². The Morgan fingerprint density at radius 2 is 2.00 bits per heavy atom. The summed E-state index contributed by atoms with van der Waals surface area (Å²) in [6, 6.07) is 0. The number of ether oxygens (including phenoxy) is 1. The van der Waals surface area contributed by atoms with Crippen LogP contribution >= 0.6 is 0 Å². The van der Waals surface area contributed by atoms with Crippen LogP contribution in [0, 0.1) is 5.41 Å². The van der Waals surface area contributed by atoms with Crippen LogP contribution in [0.5, 0.6) is 0 Å². The number of unbranched alkanes of at least 4 members (excludes halogenated alkanes) is 2. The van der Waals surface area contributed by atoms with E-state index in [0.717, 1.165) is 0 Å². The Morgan fingerprint density at radius 1 is 1.39 bits per heavy atom. The number of rotatable bonds is 6. The van der Waals surface area contributed by atoms with E-state index in [2.05, 4.69) is 23.6 Å². The maximum absolute atomic E-state index is 8.95. The summed E-state index contributed by atoms with van der Waals surface area (Å²) in [7, 11) is 1.31. The Balaban J connectivity index is 0. The first-order valence-electron chi connectivity index (χ1n) is 6.96. The average Bonchev–Trinajstić information content (AvgIpc) is 2.85. The molecule has 1 N–H and O–H groups in total. The molecule has 0 aromatic heterocycles. The van der Waals surface area contributed by atoms with E-state index in [0.29, 0.717) is 11.9 Å². The van der Waals surface area contributed by atoms with Gasteiger partial charge in [0, 0.05) is 6.54 Å². The lowest BCUT2D eigenvalue weighted by Crippen LogP contribution is -2.19. The number of methoxy groups -OCH3 is 1. The first-order valence-corrected chi connectivity index (χ1v) is 6.96. The Morgan fingerprint density at radius 3 is 2.39 bits per heavy atom. The van der Waals surface area contributed by atoms with Gasteiger partial charge in [-0.2, -0.15) is 0 Å². The van der Waals surface area contributed by atoms with E-state index in [-0.39, 0.29) is 0 Å². The van der Waals surface area contributed by atoms with Crippen molar-refractivity contribution in [3.8, 4) is 0 Å². The third-order valence-corrected chi connectivity index (χ3v) is 2.99. The van der Waals surface area contributed by atoms with Gasteiger partial charge in [0.05, 0.1) is 7.11 Å². The quantitative estimate of drug-likeness (QED) is 0.449. The molecule has 0 saturated carbocycles. The van der Waals surface area contributed by atoms with Gasteiger partial charge in [-0.3, -0.25) is 4.79 Å². The second-order valence-corrected chi connectivity index (χ2v) is 4.60. The van der Waals surface area contributed by atoms with E-state index >= 15 is 0 Å². The van der Waals surface area contributed by atoms with E-state index in [4.69, 9.17) is 4.79 Å². The number of carbonyl (C=O) groups excluding carboxylic acids is 1. The highest BCUT2D eigenvalue weighted by atomic mass is 16.5. The van der Waals surface area contributed by atoms with Crippen molar-refractivity contribution in [1.29, 1.82) is 0 Å². The van der Waals surface area contributed by atoms with E-state index in [1.54, 1.807) is 0 Å². The first kappa shape index (κ1) is 19.5. The predicted octanol–water partition coefficient (Wildman–Crippen LogP) is 3.55. The molecule has 0 amide bonds. The van der Waals surface area contributed by atoms with E-state index in [1.807, 2.05) is 19.9 Å². The fraction of sp³-hybridized carbons (Fsp3) is 0.800. The minimum absolute atomic E-state index is 0.375. The van der Waals surface area contributed by atoms with Crippen molar-refractivity contribution < 1.29 is 9.53 Å². The van der Waals surface area contributed by atoms with Crippen molar-refractivity contribution in [1.82, 2.24) is 5.32 Å². The monoisotopic (exact) mass is 257 g/mol. The predicted molar refractivity (Wildman–Crippen MR) is 78.7 cm³/mol. The van der Waals surface area contributed by atoms with Crippen LogP contribution in [0.1, 0.15) is 52.9 Å². The molecule has 1 aliphatic heterocycles. The van der Waals surface area contributed by atoms with Crippen LogP contribution in [0.2, 0.25) is 0 Å². The minimum Gasteiger partial charge on any atom is -0.471 e. The normalized spacial score (nSPS) is 20.9. The van der Waals surface area contributed by atoms with Crippen LogP contribution in [0.25, 0.3) is 0 Å². The fourth-order valence-electron chi connectivity index (χ4n) is 1.92. The molecular weight excluding hydrogens is 226 g/mol. The number of hydrogen-bond donors (Lipinski definition) is 1. The molecule has 1 aliphatic rings. The van der Waals surface area contributed by atoms with Gasteiger partial charge in [-0.05, 0) is 37.6 Å². The summed E-state index contributed by atoms with van der Waals surface area (Å²) in [4.78, 5) is 8.95. The molecule has 1 unspecified atom stereocenters. The van der Waals surface area contributed by atoms with E-state index in [9.17, 15) is 0 Å². The highest BCUT2D eigenvalue weighted by Crippen LogP contribution is 2.30. The van der Waals surface area contributed by atoms with Crippen molar-refractivity contribution in [3.63, 3.8) is 0 Å². The zero-order valence-corrected chi connectivity index (χ0v) is 12.6. The average molecular weight is 257 g/mol. The van der Waals surface area contributed by atoms with Crippen LogP contribution in [-0.2, 0) is 9.53 Å². The largest absolute Gasteiger partial charge is 0.471 e. The van der Waals surface area contributed by atoms with Crippen molar-refractivity contribution in [3.05, 3.63) is 12.7 Å². The molecule has 1 heterocycles. The van der Waals surface area contributed by atoms with Crippen molar-refractivity contribution in [2.75, 3.05) is 20.2 Å². The van der Waals surface area contributed by atoms with Gasteiger partial charge >= 0.3 is 0 Å². The Bertz CT molecular complexity index is 187. The molecule has 1 rings (SSSR count). The number of nitrogens with one attached hydrogen (secondary N) is 1. The molecule has 1 atom stereocenters. The lowest BCUT2D eigenvalue weighted by Gasteiger charge is -2.21. The van der Waals surface area contributed by atoms with Gasteiger partial charge in [0.25, 0.3) is 6.47 Å². The summed E-state index contributed by atoms with van der Waals surface area (Å²) in [5.41, 5.74) is 0.598. The second-order valence-electron chi connectivity index (χ2n) is 4.60. The van der Waals surface area contributed by atoms with Crippen molar-refractivity contribution in [2.45, 2.75) is 52.9 Å². The summed E-state index contributed by atoms with van der Waals surface area (Å²) in [6.07, 6.45) is 8.64. The molecule has 1 fully saturated rings. The molecule has 0 aliphatic carbocycles. The van der Waals surface area contributed by atoms with Gasteiger partial charge < -0.3 is 10.1 Å². The van der Waals surface area contributed by atoms with Gasteiger partial charge in [0.1, 0.15) is 0 Å². The lowest BCUT2D eigenvalue weighted by atomic mass is 9.84. The Labute approximate surface area is 113 Å². The van der Waals surface area contributed by atoms with Gasteiger partial charge in [-0.1, -0.05) is 33.3 Å². The summed E-state index contributed by atoms with van der Waals surface area (Å²) in [6.45, 7) is 13.0. The molecule has 1 saturated heterocycles. The molecule has 0 aromatic carbocycles. The van der Waals surface area contributed by atoms with Crippen LogP contribution in [0.3, 0.4) is 0 Å². The third-order valence-electron chi connectivity index (χ3n) is 2.99. The molecule has 3 nitrogen and oxygen atoms in total. The number of carbonyl (C=O) groups is 1. The smallest absolute Gasteiger partial charge is 0.292 e. The first-order chi connectivity index (χ1) is 8.68. The highest BCUT2D eigenvalue weighted by Gasteiger charge is 2.27. The van der Waals surface area contributed by atoms with E-state index < -0.39 is 0 Å². The van der Waals surface area contributed by atoms with Gasteiger partial charge in [-0.25, -0.2) is 0 Å². The van der Waals surface area contributed by atoms with Crippen molar-refractivity contribution in [2.24, 2.45) is 5.41 Å². The second kappa shape index (κ2) is 14.2. The molecule has 3 heteroatoms. The molecule has 0 spiro atoms. The van der Waals surface area contributed by atoms with Gasteiger partial charge in [0.15, 0.2) is 0 Å². The van der Waals surface area contributed by atoms with Crippen LogP contribution < -0.4 is 5.32 Å². The molecule has 0 bridgehead atoms. The minimum atomic E-state index is 0.375. The Hall–Kier alpha value is -0.830. The summed E-state index contributed by atoms with van der Waals surface area (Å²) in [5.74, 6) is 0. The third kappa shape index (κ3) is 11.6. The van der Waals surface area contributed by atoms with Crippen LogP contribution in [-0.4, -0.2) is 26.7 Å². The van der Waals surface area contributed by atoms with Crippen LogP contribution in [0.15, 0.2) is 12.7 Å². The summed E-state index contributed by atoms with van der Waals surface area (Å²) in [5, 5.41) is 3.43. The molecular formula is C15H31NO2.